The molecule has 168 valence electrons. The Hall–Kier alpha value is -3.04. The fraction of sp³-hybridized carbons (Fsp3) is 0.476. The summed E-state index contributed by atoms with van der Waals surface area (Å²) in [4.78, 5) is 18.4. The summed E-state index contributed by atoms with van der Waals surface area (Å²) >= 11 is 0. The number of rotatable bonds is 5. The summed E-state index contributed by atoms with van der Waals surface area (Å²) in [6, 6.07) is 5.01. The second-order valence-electron chi connectivity index (χ2n) is 8.22. The van der Waals surface area contributed by atoms with Gasteiger partial charge in [-0.3, -0.25) is 4.68 Å². The van der Waals surface area contributed by atoms with E-state index in [-0.39, 0.29) is 5.88 Å². The van der Waals surface area contributed by atoms with Crippen LogP contribution >= 0.6 is 0 Å². The zero-order chi connectivity index (χ0) is 22.8. The topological polar surface area (TPSA) is 69.5 Å². The SMILES string of the molecule is Cn1ccc(-c2nc(OCCC(F)(F)F)ccc2C2=CCN(C(=O)OC(C)(C)C)C2)n1. The zero-order valence-corrected chi connectivity index (χ0v) is 17.9. The molecule has 0 atom stereocenters. The predicted molar refractivity (Wildman–Crippen MR) is 108 cm³/mol. The lowest BCUT2D eigenvalue weighted by Crippen LogP contribution is -2.35. The van der Waals surface area contributed by atoms with E-state index in [4.69, 9.17) is 9.47 Å². The number of aromatic nitrogens is 3. The molecule has 0 saturated heterocycles. The number of aryl methyl sites for hydroxylation is 1. The highest BCUT2D eigenvalue weighted by molar-refractivity contribution is 5.83. The monoisotopic (exact) mass is 438 g/mol. The predicted octanol–water partition coefficient (Wildman–Crippen LogP) is 4.45. The minimum Gasteiger partial charge on any atom is -0.477 e. The van der Waals surface area contributed by atoms with Crippen LogP contribution in [0.25, 0.3) is 17.0 Å². The molecule has 0 N–H and O–H groups in total. The van der Waals surface area contributed by atoms with E-state index in [0.29, 0.717) is 24.5 Å². The third-order valence-corrected chi connectivity index (χ3v) is 4.38. The molecule has 31 heavy (non-hydrogen) atoms. The van der Waals surface area contributed by atoms with Crippen LogP contribution < -0.4 is 4.74 Å². The number of carbonyl (C=O) groups excluding carboxylic acids is 1. The van der Waals surface area contributed by atoms with Gasteiger partial charge in [0.1, 0.15) is 17.0 Å². The second-order valence-corrected chi connectivity index (χ2v) is 8.22. The highest BCUT2D eigenvalue weighted by Gasteiger charge is 2.28. The molecule has 1 aliphatic rings. The van der Waals surface area contributed by atoms with Crippen molar-refractivity contribution in [3.05, 3.63) is 36.0 Å². The van der Waals surface area contributed by atoms with Gasteiger partial charge < -0.3 is 14.4 Å². The molecule has 0 saturated carbocycles. The van der Waals surface area contributed by atoms with E-state index in [9.17, 15) is 18.0 Å². The van der Waals surface area contributed by atoms with Crippen molar-refractivity contribution >= 4 is 11.7 Å². The summed E-state index contributed by atoms with van der Waals surface area (Å²) in [6.07, 6.45) is -2.14. The van der Waals surface area contributed by atoms with Gasteiger partial charge in [-0.15, -0.1) is 0 Å². The molecule has 0 aliphatic carbocycles. The van der Waals surface area contributed by atoms with E-state index in [1.807, 2.05) is 6.08 Å². The quantitative estimate of drug-likeness (QED) is 0.690. The number of pyridine rings is 1. The van der Waals surface area contributed by atoms with Crippen molar-refractivity contribution in [3.8, 4) is 17.3 Å². The van der Waals surface area contributed by atoms with Crippen LogP contribution in [0.15, 0.2) is 30.5 Å². The Morgan fingerprint density at radius 1 is 1.19 bits per heavy atom. The molecule has 10 heteroatoms. The van der Waals surface area contributed by atoms with E-state index in [0.717, 1.165) is 11.1 Å². The Morgan fingerprint density at radius 3 is 2.55 bits per heavy atom. The molecule has 3 rings (SSSR count). The van der Waals surface area contributed by atoms with Gasteiger partial charge in [0.15, 0.2) is 0 Å². The lowest BCUT2D eigenvalue weighted by molar-refractivity contribution is -0.139. The maximum absolute atomic E-state index is 12.4. The zero-order valence-electron chi connectivity index (χ0n) is 17.9. The summed E-state index contributed by atoms with van der Waals surface area (Å²) in [5.74, 6) is 0.0799. The molecule has 1 aliphatic heterocycles. The number of hydrogen-bond donors (Lipinski definition) is 0. The first-order valence-electron chi connectivity index (χ1n) is 9.79. The molecule has 0 spiro atoms. The van der Waals surface area contributed by atoms with Crippen molar-refractivity contribution in [1.82, 2.24) is 19.7 Å². The molecule has 1 amide bonds. The van der Waals surface area contributed by atoms with Gasteiger partial charge in [-0.1, -0.05) is 6.08 Å². The standard InChI is InChI=1S/C21H25F3N4O3/c1-20(2,3)31-19(29)28-11-7-14(13-28)15-5-6-17(30-12-9-21(22,23)24)25-18(15)16-8-10-27(4)26-16/h5-8,10H,9,11-13H2,1-4H3. The number of halogens is 3. The Morgan fingerprint density at radius 2 is 1.94 bits per heavy atom. The maximum Gasteiger partial charge on any atom is 0.410 e. The van der Waals surface area contributed by atoms with Gasteiger partial charge >= 0.3 is 12.3 Å². The minimum atomic E-state index is -4.30. The summed E-state index contributed by atoms with van der Waals surface area (Å²) < 4.78 is 49.5. The fourth-order valence-electron chi connectivity index (χ4n) is 3.00. The molecule has 0 unspecified atom stereocenters. The molecule has 2 aromatic heterocycles. The van der Waals surface area contributed by atoms with Crippen LogP contribution in [0.3, 0.4) is 0 Å². The lowest BCUT2D eigenvalue weighted by atomic mass is 10.0. The van der Waals surface area contributed by atoms with E-state index in [1.165, 1.54) is 6.07 Å². The summed E-state index contributed by atoms with van der Waals surface area (Å²) in [6.45, 7) is 5.59. The van der Waals surface area contributed by atoms with Crippen LogP contribution in [-0.4, -0.2) is 57.2 Å². The van der Waals surface area contributed by atoms with Crippen molar-refractivity contribution in [3.63, 3.8) is 0 Å². The molecule has 0 fully saturated rings. The first-order valence-corrected chi connectivity index (χ1v) is 9.79. The summed E-state index contributed by atoms with van der Waals surface area (Å²) in [7, 11) is 1.76. The van der Waals surface area contributed by atoms with Crippen LogP contribution in [0, 0.1) is 0 Å². The Kier molecular flexibility index (Phi) is 6.28. The third-order valence-electron chi connectivity index (χ3n) is 4.38. The summed E-state index contributed by atoms with van der Waals surface area (Å²) in [5.41, 5.74) is 2.00. The van der Waals surface area contributed by atoms with Gasteiger partial charge in [-0.05, 0) is 38.5 Å². The first kappa shape index (κ1) is 22.6. The molecule has 0 radical (unpaired) electrons. The molecular weight excluding hydrogens is 413 g/mol. The smallest absolute Gasteiger partial charge is 0.410 e. The highest BCUT2D eigenvalue weighted by Crippen LogP contribution is 2.32. The number of ether oxygens (including phenoxy) is 2. The molecular formula is C21H25F3N4O3. The van der Waals surface area contributed by atoms with Crippen LogP contribution in [-0.2, 0) is 11.8 Å². The van der Waals surface area contributed by atoms with E-state index in [2.05, 4.69) is 10.1 Å². The van der Waals surface area contributed by atoms with Crippen molar-refractivity contribution in [2.45, 2.75) is 39.0 Å². The summed E-state index contributed by atoms with van der Waals surface area (Å²) in [5, 5.41) is 4.36. The number of nitrogens with zero attached hydrogens (tertiary/aromatic N) is 4. The average molecular weight is 438 g/mol. The Balaban J connectivity index is 1.82. The van der Waals surface area contributed by atoms with E-state index < -0.39 is 30.9 Å². The van der Waals surface area contributed by atoms with Crippen molar-refractivity contribution in [2.24, 2.45) is 7.05 Å². The average Bonchev–Trinajstić information content (AvgIpc) is 3.28. The number of hydrogen-bond acceptors (Lipinski definition) is 5. The van der Waals surface area contributed by atoms with Crippen LogP contribution in [0.1, 0.15) is 32.8 Å². The van der Waals surface area contributed by atoms with Crippen LogP contribution in [0.4, 0.5) is 18.0 Å². The van der Waals surface area contributed by atoms with E-state index in [1.54, 1.807) is 55.7 Å². The van der Waals surface area contributed by atoms with Gasteiger partial charge in [-0.25, -0.2) is 9.78 Å². The fourth-order valence-corrected chi connectivity index (χ4v) is 3.00. The lowest BCUT2D eigenvalue weighted by Gasteiger charge is -2.24. The molecule has 0 bridgehead atoms. The molecule has 0 aromatic carbocycles. The van der Waals surface area contributed by atoms with E-state index >= 15 is 0 Å². The van der Waals surface area contributed by atoms with Gasteiger partial charge in [0.25, 0.3) is 0 Å². The van der Waals surface area contributed by atoms with Crippen molar-refractivity contribution in [2.75, 3.05) is 19.7 Å². The third kappa shape index (κ3) is 6.22. The Bertz CT molecular complexity index is 977. The molecule has 2 aromatic rings. The van der Waals surface area contributed by atoms with Crippen LogP contribution in [0.5, 0.6) is 5.88 Å². The van der Waals surface area contributed by atoms with Crippen molar-refractivity contribution in [1.29, 1.82) is 0 Å². The number of carbonyl (C=O) groups is 1. The van der Waals surface area contributed by atoms with Crippen molar-refractivity contribution < 1.29 is 27.4 Å². The largest absolute Gasteiger partial charge is 0.477 e. The maximum atomic E-state index is 12.4. The van der Waals surface area contributed by atoms with Gasteiger partial charge in [0.05, 0.1) is 13.0 Å². The second kappa shape index (κ2) is 8.60. The van der Waals surface area contributed by atoms with Gasteiger partial charge in [-0.2, -0.15) is 18.3 Å². The normalized spacial score (nSPS) is 14.5. The highest BCUT2D eigenvalue weighted by atomic mass is 19.4. The first-order chi connectivity index (χ1) is 14.4. The van der Waals surface area contributed by atoms with Crippen LogP contribution in [0.2, 0.25) is 0 Å². The molecule has 7 nitrogen and oxygen atoms in total. The van der Waals surface area contributed by atoms with Gasteiger partial charge in [0, 0.05) is 38.0 Å². The number of amides is 1. The minimum absolute atomic E-state index is 0.0799. The number of alkyl halides is 3. The molecule has 3 heterocycles. The van der Waals surface area contributed by atoms with Gasteiger partial charge in [0.2, 0.25) is 5.88 Å². The Labute approximate surface area is 178 Å².